The first kappa shape index (κ1) is 26.5. The molecule has 0 saturated heterocycles. The molecule has 3 rings (SSSR count). The van der Waals surface area contributed by atoms with Crippen LogP contribution in [0.2, 0.25) is 5.02 Å². The molecule has 0 aliphatic carbocycles. The molecule has 1 atom stereocenters. The highest BCUT2D eigenvalue weighted by Crippen LogP contribution is 2.34. The number of aliphatic hydroxyl groups excluding tert-OH is 3. The van der Waals surface area contributed by atoms with E-state index in [-0.39, 0.29) is 18.9 Å². The van der Waals surface area contributed by atoms with E-state index in [1.807, 2.05) is 26.0 Å². The quantitative estimate of drug-likeness (QED) is 0.304. The van der Waals surface area contributed by atoms with Gasteiger partial charge < -0.3 is 35.4 Å². The van der Waals surface area contributed by atoms with Crippen LogP contribution in [0.3, 0.4) is 0 Å². The highest BCUT2D eigenvalue weighted by molar-refractivity contribution is 6.32. The van der Waals surface area contributed by atoms with Gasteiger partial charge in [0.05, 0.1) is 48.2 Å². The van der Waals surface area contributed by atoms with Crippen molar-refractivity contribution in [2.75, 3.05) is 19.8 Å². The zero-order valence-electron chi connectivity index (χ0n) is 18.4. The maximum atomic E-state index is 10.7. The summed E-state index contributed by atoms with van der Waals surface area (Å²) in [5, 5.41) is 38.9. The van der Waals surface area contributed by atoms with Crippen molar-refractivity contribution in [3.63, 3.8) is 0 Å². The fraction of sp³-hybridized carbons (Fsp3) is 0.409. The summed E-state index contributed by atoms with van der Waals surface area (Å²) >= 11 is 6.32. The van der Waals surface area contributed by atoms with E-state index in [0.29, 0.717) is 27.4 Å². The van der Waals surface area contributed by atoms with Gasteiger partial charge in [-0.2, -0.15) is 0 Å². The number of fused-ring (bicyclic) bond motifs is 1. The van der Waals surface area contributed by atoms with Gasteiger partial charge in [0.15, 0.2) is 5.58 Å². The Kier molecular flexibility index (Phi) is 9.56. The summed E-state index contributed by atoms with van der Waals surface area (Å²) < 4.78 is 11.2. The average molecular weight is 482 g/mol. The zero-order valence-corrected chi connectivity index (χ0v) is 19.1. The number of carboxylic acids is 1. The van der Waals surface area contributed by atoms with Crippen molar-refractivity contribution < 1.29 is 34.5 Å². The van der Waals surface area contributed by atoms with Crippen molar-refractivity contribution in [2.24, 2.45) is 5.73 Å². The molecule has 0 radical (unpaired) electrons. The first-order valence-corrected chi connectivity index (χ1v) is 10.5. The number of aliphatic hydroxyl groups is 3. The number of rotatable bonds is 9. The Labute approximate surface area is 195 Å². The van der Waals surface area contributed by atoms with Crippen LogP contribution in [-0.2, 0) is 11.2 Å². The smallest absolute Gasteiger partial charge is 0.303 e. The van der Waals surface area contributed by atoms with Crippen LogP contribution in [0.25, 0.3) is 11.0 Å². The SMILES string of the molecule is Cc1ccc(C(C)Oc2cc3onc(CCC(=O)O)c3cc2Cl)nc1.NC(CO)(CO)CO. The Bertz CT molecular complexity index is 1040. The number of ether oxygens (including phenoxy) is 1. The van der Waals surface area contributed by atoms with Crippen molar-refractivity contribution in [2.45, 2.75) is 38.3 Å². The Hall–Kier alpha value is -2.76. The number of aliphatic carboxylic acids is 1. The molecule has 1 aromatic carbocycles. The van der Waals surface area contributed by atoms with Gasteiger partial charge in [0, 0.05) is 24.1 Å². The first-order chi connectivity index (χ1) is 15.6. The number of hydrogen-bond acceptors (Lipinski definition) is 9. The molecule has 0 spiro atoms. The number of pyridine rings is 1. The molecule has 6 N–H and O–H groups in total. The predicted octanol–water partition coefficient (Wildman–Crippen LogP) is 2.00. The normalized spacial score (nSPS) is 12.2. The molecule has 0 fully saturated rings. The van der Waals surface area contributed by atoms with Crippen LogP contribution in [0.15, 0.2) is 35.0 Å². The number of halogens is 1. The fourth-order valence-electron chi connectivity index (χ4n) is 2.61. The molecule has 2 aromatic heterocycles. The largest absolute Gasteiger partial charge is 0.483 e. The van der Waals surface area contributed by atoms with Gasteiger partial charge in [-0.3, -0.25) is 9.78 Å². The van der Waals surface area contributed by atoms with Gasteiger partial charge in [-0.25, -0.2) is 0 Å². The highest BCUT2D eigenvalue weighted by atomic mass is 35.5. The standard InChI is InChI=1S/C18H17ClN2O4.C4H11NO3/c1-10-3-4-14(20-9-10)11(2)24-17-8-16-12(7-13(17)19)15(21-25-16)5-6-18(22)23;5-4(1-6,2-7)3-8/h3-4,7-9,11H,5-6H2,1-2H3,(H,22,23);6-8H,1-3,5H2. The van der Waals surface area contributed by atoms with E-state index in [9.17, 15) is 4.79 Å². The van der Waals surface area contributed by atoms with Gasteiger partial charge in [-0.15, -0.1) is 0 Å². The lowest BCUT2D eigenvalue weighted by Gasteiger charge is -2.20. The maximum absolute atomic E-state index is 10.7. The molecule has 0 aliphatic heterocycles. The lowest BCUT2D eigenvalue weighted by Crippen LogP contribution is -2.50. The van der Waals surface area contributed by atoms with Crippen LogP contribution in [0.5, 0.6) is 5.75 Å². The molecule has 1 unspecified atom stereocenters. The van der Waals surface area contributed by atoms with Crippen LogP contribution in [0.4, 0.5) is 0 Å². The maximum Gasteiger partial charge on any atom is 0.303 e. The lowest BCUT2D eigenvalue weighted by molar-refractivity contribution is -0.136. The third-order valence-electron chi connectivity index (χ3n) is 4.77. The highest BCUT2D eigenvalue weighted by Gasteiger charge is 2.21. The molecule has 0 bridgehead atoms. The number of aryl methyl sites for hydroxylation is 2. The van der Waals surface area contributed by atoms with Crippen LogP contribution in [-0.4, -0.2) is 61.9 Å². The summed E-state index contributed by atoms with van der Waals surface area (Å²) in [6, 6.07) is 7.23. The number of hydrogen-bond donors (Lipinski definition) is 5. The molecule has 180 valence electrons. The third kappa shape index (κ3) is 7.37. The van der Waals surface area contributed by atoms with Crippen molar-refractivity contribution in [3.05, 3.63) is 52.4 Å². The van der Waals surface area contributed by atoms with Crippen molar-refractivity contribution in [3.8, 4) is 5.75 Å². The molecular weight excluding hydrogens is 454 g/mol. The summed E-state index contributed by atoms with van der Waals surface area (Å²) in [5.74, 6) is -0.424. The topological polar surface area (TPSA) is 172 Å². The molecular formula is C22H28ClN3O7. The number of aromatic nitrogens is 2. The summed E-state index contributed by atoms with van der Waals surface area (Å²) in [7, 11) is 0. The zero-order chi connectivity index (χ0) is 24.6. The van der Waals surface area contributed by atoms with Crippen LogP contribution in [0.1, 0.15) is 36.4 Å². The van der Waals surface area contributed by atoms with E-state index in [0.717, 1.165) is 11.3 Å². The van der Waals surface area contributed by atoms with E-state index >= 15 is 0 Å². The van der Waals surface area contributed by atoms with Gasteiger partial charge in [-0.05, 0) is 31.5 Å². The molecule has 0 aliphatic rings. The molecule has 0 amide bonds. The van der Waals surface area contributed by atoms with Crippen LogP contribution in [0, 0.1) is 6.92 Å². The monoisotopic (exact) mass is 481 g/mol. The second-order valence-corrected chi connectivity index (χ2v) is 8.07. The molecule has 0 saturated carbocycles. The van der Waals surface area contributed by atoms with Crippen molar-refractivity contribution in [1.82, 2.24) is 10.1 Å². The third-order valence-corrected chi connectivity index (χ3v) is 5.07. The van der Waals surface area contributed by atoms with Crippen LogP contribution < -0.4 is 10.5 Å². The number of nitrogens with two attached hydrogens (primary N) is 1. The average Bonchev–Trinajstić information content (AvgIpc) is 3.19. The van der Waals surface area contributed by atoms with Gasteiger partial charge in [0.25, 0.3) is 0 Å². The minimum Gasteiger partial charge on any atom is -0.483 e. The first-order valence-electron chi connectivity index (χ1n) is 10.1. The minimum absolute atomic E-state index is 0.0202. The van der Waals surface area contributed by atoms with E-state index in [4.69, 9.17) is 47.0 Å². The number of carboxylic acid groups (broad SMARTS) is 1. The molecule has 33 heavy (non-hydrogen) atoms. The van der Waals surface area contributed by atoms with E-state index in [2.05, 4.69) is 10.1 Å². The van der Waals surface area contributed by atoms with Crippen LogP contribution >= 0.6 is 11.6 Å². The van der Waals surface area contributed by atoms with E-state index in [1.54, 1.807) is 18.3 Å². The Balaban J connectivity index is 0.000000414. The van der Waals surface area contributed by atoms with Crippen molar-refractivity contribution >= 4 is 28.5 Å². The number of carbonyl (C=O) groups is 1. The molecule has 11 heteroatoms. The van der Waals surface area contributed by atoms with Crippen molar-refractivity contribution in [1.29, 1.82) is 0 Å². The van der Waals surface area contributed by atoms with Gasteiger partial charge in [0.1, 0.15) is 11.9 Å². The number of nitrogens with zero attached hydrogens (tertiary/aromatic N) is 2. The molecule has 2 heterocycles. The van der Waals surface area contributed by atoms with E-state index in [1.165, 1.54) is 0 Å². The predicted molar refractivity (Wildman–Crippen MR) is 121 cm³/mol. The van der Waals surface area contributed by atoms with Gasteiger partial charge >= 0.3 is 5.97 Å². The summed E-state index contributed by atoms with van der Waals surface area (Å²) in [6.07, 6.45) is 1.76. The summed E-state index contributed by atoms with van der Waals surface area (Å²) in [5.41, 5.74) is 6.88. The summed E-state index contributed by atoms with van der Waals surface area (Å²) in [4.78, 5) is 15.1. The van der Waals surface area contributed by atoms with E-state index < -0.39 is 31.3 Å². The second-order valence-electron chi connectivity index (χ2n) is 7.66. The Morgan fingerprint density at radius 1 is 1.24 bits per heavy atom. The second kappa shape index (κ2) is 11.9. The lowest BCUT2D eigenvalue weighted by atomic mass is 10.1. The Morgan fingerprint density at radius 2 is 1.91 bits per heavy atom. The number of benzene rings is 1. The van der Waals surface area contributed by atoms with Gasteiger partial charge in [-0.1, -0.05) is 22.8 Å². The molecule has 3 aromatic rings. The fourth-order valence-corrected chi connectivity index (χ4v) is 2.81. The summed E-state index contributed by atoms with van der Waals surface area (Å²) in [6.45, 7) is 2.65. The Morgan fingerprint density at radius 3 is 2.42 bits per heavy atom. The minimum atomic E-state index is -1.21. The molecule has 10 nitrogen and oxygen atoms in total. The van der Waals surface area contributed by atoms with Gasteiger partial charge in [0.2, 0.25) is 0 Å².